The first-order chi connectivity index (χ1) is 13.7. The fourth-order valence-electron chi connectivity index (χ4n) is 2.97. The molecule has 0 spiro atoms. The second-order valence-electron chi connectivity index (χ2n) is 6.61. The van der Waals surface area contributed by atoms with E-state index in [1.54, 1.807) is 0 Å². The molecule has 0 amide bonds. The summed E-state index contributed by atoms with van der Waals surface area (Å²) in [6.07, 6.45) is 21.1. The summed E-state index contributed by atoms with van der Waals surface area (Å²) in [5.74, 6) is 0. The average molecular weight is 443 g/mol. The summed E-state index contributed by atoms with van der Waals surface area (Å²) in [6.45, 7) is 28.5. The molecule has 5 heteroatoms. The molecule has 0 saturated carbocycles. The molecule has 4 nitrogen and oxygen atoms in total. The van der Waals surface area contributed by atoms with Crippen molar-refractivity contribution in [1.29, 1.82) is 0 Å². The van der Waals surface area contributed by atoms with Crippen LogP contribution in [-0.4, -0.2) is 30.7 Å². The fraction of sp³-hybridized carbons (Fsp3) is 0.667. The Hall–Kier alpha value is -0.756. The molecule has 0 unspecified atom stereocenters. The zero-order valence-electron chi connectivity index (χ0n) is 19.0. The van der Waals surface area contributed by atoms with E-state index in [0.29, 0.717) is 0 Å². The maximum absolute atomic E-state index is 7.50. The largest absolute Gasteiger partial charge is 0.0767 e. The van der Waals surface area contributed by atoms with Crippen LogP contribution >= 0.6 is 0 Å². The molecule has 0 bridgehead atoms. The smallest absolute Gasteiger partial charge is 0.00506 e. The number of quaternary nitrogens is 1. The van der Waals surface area contributed by atoms with Gasteiger partial charge in [0, 0.05) is 25.0 Å². The average Bonchev–Trinajstić information content (AvgIpc) is 3.37. The summed E-state index contributed by atoms with van der Waals surface area (Å²) in [5.41, 5.74) is 0. The van der Waals surface area contributed by atoms with E-state index in [-0.39, 0.29) is 18.6 Å². The fourth-order valence-corrected chi connectivity index (χ4v) is 2.97. The molecule has 164 valence electrons. The summed E-state index contributed by atoms with van der Waals surface area (Å²) >= 11 is 0. The summed E-state index contributed by atoms with van der Waals surface area (Å²) < 4.78 is 23.9. The van der Waals surface area contributed by atoms with Crippen LogP contribution in [0.15, 0.2) is 24.3 Å². The van der Waals surface area contributed by atoms with Crippen LogP contribution in [0.2, 0.25) is 0 Å². The molecule has 0 saturated heterocycles. The minimum Gasteiger partial charge on any atom is -0.0767 e. The zero-order chi connectivity index (χ0) is 22.5. The van der Waals surface area contributed by atoms with Crippen LogP contribution in [0.1, 0.15) is 79.1 Å². The molecular weight excluding hydrogens is 401 g/mol. The van der Waals surface area contributed by atoms with E-state index in [2.05, 4.69) is 47.6 Å². The second-order valence-corrected chi connectivity index (χ2v) is 6.61. The van der Waals surface area contributed by atoms with Crippen molar-refractivity contribution in [3.63, 3.8) is 0 Å². The van der Waals surface area contributed by atoms with Crippen LogP contribution in [0.5, 0.6) is 0 Å². The van der Waals surface area contributed by atoms with Crippen LogP contribution < -0.4 is 0 Å². The molecule has 0 N–H and O–H groups in total. The van der Waals surface area contributed by atoms with E-state index in [1.165, 1.54) is 82.0 Å². The van der Waals surface area contributed by atoms with E-state index in [1.807, 2.05) is 30.7 Å². The summed E-state index contributed by atoms with van der Waals surface area (Å²) in [7, 11) is 0. The van der Waals surface area contributed by atoms with Gasteiger partial charge in [-0.3, -0.25) is 0 Å². The van der Waals surface area contributed by atoms with E-state index < -0.39 is 0 Å². The third-order valence-electron chi connectivity index (χ3n) is 4.50. The normalized spacial score (nSPS) is 10.3. The zero-order valence-corrected chi connectivity index (χ0v) is 20.4. The molecule has 0 fully saturated rings. The molecule has 1 rings (SSSR count). The first-order valence-electron chi connectivity index (χ1n) is 10.4. The van der Waals surface area contributed by atoms with Gasteiger partial charge in [-0.1, -0.05) is 77.7 Å². The molecule has 1 aliphatic rings. The molecule has 0 aromatic carbocycles. The van der Waals surface area contributed by atoms with E-state index in [9.17, 15) is 0 Å². The molecule has 0 aliphatic heterocycles. The number of rotatable bonds is 12. The number of hydrogen-bond acceptors (Lipinski definition) is 0. The van der Waals surface area contributed by atoms with Crippen molar-refractivity contribution in [1.82, 2.24) is 0 Å². The maximum Gasteiger partial charge on any atom is 0.00506 e. The number of nitrogens with zero attached hydrogens (tertiary/aromatic N) is 1. The Morgan fingerprint density at radius 2 is 0.759 bits per heavy atom. The molecule has 29 heavy (non-hydrogen) atoms. The number of hydrogen-bond donors (Lipinski definition) is 0. The van der Waals surface area contributed by atoms with Crippen molar-refractivity contribution in [2.45, 2.75) is 79.1 Å². The Morgan fingerprint density at radius 3 is 0.897 bits per heavy atom. The Morgan fingerprint density at radius 1 is 0.517 bits per heavy atom. The van der Waals surface area contributed by atoms with Crippen LogP contribution in [0.3, 0.4) is 0 Å². The summed E-state index contributed by atoms with van der Waals surface area (Å²) in [6, 6.07) is 0. The first kappa shape index (κ1) is 38.8. The van der Waals surface area contributed by atoms with Crippen molar-refractivity contribution in [2.75, 3.05) is 26.2 Å². The van der Waals surface area contributed by atoms with E-state index >= 15 is 0 Å². The molecule has 0 aromatic rings. The minimum absolute atomic E-state index is 0. The van der Waals surface area contributed by atoms with Gasteiger partial charge in [0.1, 0.15) is 0 Å². The predicted molar refractivity (Wildman–Crippen MR) is 114 cm³/mol. The molecule has 0 aromatic heterocycles. The number of unbranched alkanes of at least 4 members (excludes halogenated alkanes) is 4. The minimum atomic E-state index is 0. The van der Waals surface area contributed by atoms with Gasteiger partial charge < -0.3 is 4.48 Å². The van der Waals surface area contributed by atoms with E-state index in [0.717, 1.165) is 0 Å². The van der Waals surface area contributed by atoms with Crippen LogP contribution in [0.25, 0.3) is 0 Å². The summed E-state index contributed by atoms with van der Waals surface area (Å²) in [4.78, 5) is 0. The van der Waals surface area contributed by atoms with Crippen LogP contribution in [-0.2, 0) is 32.5 Å². The van der Waals surface area contributed by atoms with Gasteiger partial charge in [0.25, 0.3) is 0 Å². The van der Waals surface area contributed by atoms with Gasteiger partial charge in [-0.25, -0.2) is 0 Å². The van der Waals surface area contributed by atoms with E-state index in [4.69, 9.17) is 14.0 Å². The van der Waals surface area contributed by atoms with Gasteiger partial charge in [-0.05, 0) is 25.7 Å². The molecule has 1 aliphatic carbocycles. The third kappa shape index (κ3) is 29.5. The molecule has 0 heterocycles. The molecular formula is C24H41NO3V+. The van der Waals surface area contributed by atoms with Crippen molar-refractivity contribution in [3.05, 3.63) is 50.7 Å². The second kappa shape index (κ2) is 37.9. The Bertz CT molecular complexity index is 339. The van der Waals surface area contributed by atoms with Gasteiger partial charge in [-0.2, -0.15) is 0 Å². The maximum atomic E-state index is 7.50. The Balaban J connectivity index is -0.000000132. The van der Waals surface area contributed by atoms with Crippen molar-refractivity contribution in [3.8, 4) is 0 Å². The quantitative estimate of drug-likeness (QED) is 0.196. The van der Waals surface area contributed by atoms with Gasteiger partial charge in [0.05, 0.1) is 26.2 Å². The Kier molecular flexibility index (Phi) is 50.7. The predicted octanol–water partition coefficient (Wildman–Crippen LogP) is 6.21. The summed E-state index contributed by atoms with van der Waals surface area (Å²) in [5, 5.41) is 0. The SMILES string of the molecule is CCCC[N+](CCCC)(CCCC)CCCC.[C-]#[O+].[C-]#[O+].[C-]#[O+].[CH]1C=CC=C1.[V]. The van der Waals surface area contributed by atoms with Crippen LogP contribution in [0, 0.1) is 26.4 Å². The van der Waals surface area contributed by atoms with Gasteiger partial charge in [-0.15, -0.1) is 0 Å². The van der Waals surface area contributed by atoms with Crippen molar-refractivity contribution >= 4 is 0 Å². The molecule has 0 atom stereocenters. The van der Waals surface area contributed by atoms with Gasteiger partial charge in [0.2, 0.25) is 0 Å². The Labute approximate surface area is 192 Å². The molecule has 2 radical (unpaired) electrons. The van der Waals surface area contributed by atoms with Crippen molar-refractivity contribution < 1.29 is 37.0 Å². The van der Waals surface area contributed by atoms with Gasteiger partial charge >= 0.3 is 33.9 Å². The third-order valence-corrected chi connectivity index (χ3v) is 4.50. The number of allylic oxidation sites excluding steroid dienone is 4. The topological polar surface area (TPSA) is 59.7 Å². The van der Waals surface area contributed by atoms with Crippen molar-refractivity contribution in [2.24, 2.45) is 0 Å². The monoisotopic (exact) mass is 442 g/mol. The standard InChI is InChI=1S/C16H36N.C5H5.3CO.V/c1-5-9-13-17(14-10-6-2,15-11-7-3)16-12-8-4;1-2-4-5-3-1;3*1-2;/h5-16H2,1-4H3;1-5H;;;;/q+1;;;;;. The van der Waals surface area contributed by atoms with Crippen LogP contribution in [0.4, 0.5) is 0 Å². The first-order valence-corrected chi connectivity index (χ1v) is 10.4. The van der Waals surface area contributed by atoms with Gasteiger partial charge in [0.15, 0.2) is 0 Å².